The maximum absolute atomic E-state index is 12.7. The Balaban J connectivity index is 1.39. The topological polar surface area (TPSA) is 101 Å². The third kappa shape index (κ3) is 3.05. The zero-order valence-electron chi connectivity index (χ0n) is 15.2. The van der Waals surface area contributed by atoms with E-state index in [9.17, 15) is 4.79 Å². The van der Waals surface area contributed by atoms with Gasteiger partial charge in [-0.05, 0) is 36.4 Å². The molecule has 2 aromatic heterocycles. The number of nitrogens with one attached hydrogen (secondary N) is 1. The molecule has 0 spiro atoms. The van der Waals surface area contributed by atoms with Gasteiger partial charge in [-0.2, -0.15) is 0 Å². The number of rotatable bonds is 3. The van der Waals surface area contributed by atoms with Crippen LogP contribution in [0.3, 0.4) is 0 Å². The largest absolute Gasteiger partial charge is 0.439 e. The predicted molar refractivity (Wildman–Crippen MR) is 107 cm³/mol. The molecule has 0 atom stereocenters. The molecule has 3 N–H and O–H groups in total. The molecule has 0 radical (unpaired) electrons. The van der Waals surface area contributed by atoms with Gasteiger partial charge in [-0.15, -0.1) is 0 Å². The van der Waals surface area contributed by atoms with E-state index in [1.54, 1.807) is 12.1 Å². The van der Waals surface area contributed by atoms with Crippen LogP contribution in [-0.2, 0) is 19.5 Å². The molecular formula is C21H19N5O2. The smallest absolute Gasteiger partial charge is 0.255 e. The van der Waals surface area contributed by atoms with Crippen molar-refractivity contribution in [1.29, 1.82) is 0 Å². The second-order valence-corrected chi connectivity index (χ2v) is 7.00. The lowest BCUT2D eigenvalue weighted by Gasteiger charge is -2.26. The molecule has 5 rings (SSSR count). The number of oxazole rings is 1. The highest BCUT2D eigenvalue weighted by atomic mass is 16.3. The fraction of sp³-hybridized carbons (Fsp3) is 0.190. The average molecular weight is 373 g/mol. The van der Waals surface area contributed by atoms with Gasteiger partial charge in [0.1, 0.15) is 11.3 Å². The van der Waals surface area contributed by atoms with Crippen molar-refractivity contribution in [3.05, 3.63) is 76.0 Å². The summed E-state index contributed by atoms with van der Waals surface area (Å²) in [5, 5.41) is 0. The van der Waals surface area contributed by atoms with E-state index >= 15 is 0 Å². The van der Waals surface area contributed by atoms with Crippen LogP contribution in [0.25, 0.3) is 22.5 Å². The van der Waals surface area contributed by atoms with Gasteiger partial charge in [-0.25, -0.2) is 9.97 Å². The number of nitrogens with two attached hydrogens (primary N) is 1. The standard InChI is InChI=1S/C21H19N5O2/c22-14-7-5-13(6-8-14)20-24-16-9-10-26(11-15(16)21(27)25-20)12-19-23-17-3-1-2-4-18(17)28-19/h1-8H,9-12,22H2,(H,24,25,27). The average Bonchev–Trinajstić information content (AvgIpc) is 3.11. The Labute approximate surface area is 160 Å². The van der Waals surface area contributed by atoms with Crippen LogP contribution < -0.4 is 11.3 Å². The molecule has 0 unspecified atom stereocenters. The summed E-state index contributed by atoms with van der Waals surface area (Å²) in [6, 6.07) is 15.0. The van der Waals surface area contributed by atoms with E-state index in [-0.39, 0.29) is 5.56 Å². The van der Waals surface area contributed by atoms with Gasteiger partial charge in [0.05, 0.1) is 17.8 Å². The third-order valence-electron chi connectivity index (χ3n) is 5.03. The van der Waals surface area contributed by atoms with Crippen LogP contribution >= 0.6 is 0 Å². The number of anilines is 1. The van der Waals surface area contributed by atoms with E-state index in [0.717, 1.165) is 28.9 Å². The minimum Gasteiger partial charge on any atom is -0.439 e. The van der Waals surface area contributed by atoms with E-state index < -0.39 is 0 Å². The number of hydrogen-bond acceptors (Lipinski definition) is 6. The van der Waals surface area contributed by atoms with E-state index in [4.69, 9.17) is 10.2 Å². The number of fused-ring (bicyclic) bond motifs is 2. The van der Waals surface area contributed by atoms with Crippen molar-refractivity contribution in [2.75, 3.05) is 12.3 Å². The van der Waals surface area contributed by atoms with Gasteiger partial charge in [0, 0.05) is 30.8 Å². The Bertz CT molecular complexity index is 1180. The molecule has 140 valence electrons. The SMILES string of the molecule is Nc1ccc(-c2nc3c(c(=O)[nH]2)CN(Cc2nc4ccccc4o2)CC3)cc1. The number of nitrogens with zero attached hydrogens (tertiary/aromatic N) is 3. The molecular weight excluding hydrogens is 354 g/mol. The summed E-state index contributed by atoms with van der Waals surface area (Å²) < 4.78 is 5.81. The first-order valence-corrected chi connectivity index (χ1v) is 9.20. The summed E-state index contributed by atoms with van der Waals surface area (Å²) in [7, 11) is 0. The van der Waals surface area contributed by atoms with Crippen molar-refractivity contribution < 1.29 is 4.42 Å². The van der Waals surface area contributed by atoms with Crippen molar-refractivity contribution in [3.63, 3.8) is 0 Å². The molecule has 2 aromatic carbocycles. The first-order valence-electron chi connectivity index (χ1n) is 9.20. The highest BCUT2D eigenvalue weighted by molar-refractivity contribution is 5.72. The Kier molecular flexibility index (Phi) is 3.95. The van der Waals surface area contributed by atoms with Gasteiger partial charge in [-0.1, -0.05) is 12.1 Å². The molecule has 7 nitrogen and oxygen atoms in total. The molecule has 0 bridgehead atoms. The molecule has 3 heterocycles. The Morgan fingerprint density at radius 2 is 1.93 bits per heavy atom. The van der Waals surface area contributed by atoms with Gasteiger partial charge >= 0.3 is 0 Å². The number of nitrogen functional groups attached to an aromatic ring is 1. The molecule has 1 aliphatic rings. The van der Waals surface area contributed by atoms with Crippen molar-refractivity contribution in [2.24, 2.45) is 0 Å². The second kappa shape index (κ2) is 6.61. The Morgan fingerprint density at radius 3 is 2.75 bits per heavy atom. The minimum absolute atomic E-state index is 0.0981. The number of hydrogen-bond donors (Lipinski definition) is 2. The lowest BCUT2D eigenvalue weighted by atomic mass is 10.1. The van der Waals surface area contributed by atoms with Crippen LogP contribution in [0.5, 0.6) is 0 Å². The first kappa shape index (κ1) is 16.7. The minimum atomic E-state index is -0.0981. The van der Waals surface area contributed by atoms with Crippen LogP contribution in [0, 0.1) is 0 Å². The molecule has 1 aliphatic heterocycles. The molecule has 0 fully saturated rings. The molecule has 0 saturated carbocycles. The zero-order chi connectivity index (χ0) is 19.1. The number of para-hydroxylation sites is 2. The summed E-state index contributed by atoms with van der Waals surface area (Å²) in [5.41, 5.74) is 10.4. The number of aromatic amines is 1. The Morgan fingerprint density at radius 1 is 1.11 bits per heavy atom. The fourth-order valence-corrected chi connectivity index (χ4v) is 3.57. The number of H-pyrrole nitrogens is 1. The van der Waals surface area contributed by atoms with Gasteiger partial charge in [0.15, 0.2) is 5.58 Å². The van der Waals surface area contributed by atoms with Crippen molar-refractivity contribution >= 4 is 16.8 Å². The molecule has 7 heteroatoms. The van der Waals surface area contributed by atoms with Gasteiger partial charge in [0.2, 0.25) is 5.89 Å². The summed E-state index contributed by atoms with van der Waals surface area (Å²) in [6.45, 7) is 1.88. The molecule has 0 aliphatic carbocycles. The summed E-state index contributed by atoms with van der Waals surface area (Å²) in [6.07, 6.45) is 0.710. The van der Waals surface area contributed by atoms with Crippen molar-refractivity contribution in [3.8, 4) is 11.4 Å². The first-order chi connectivity index (χ1) is 13.7. The fourth-order valence-electron chi connectivity index (χ4n) is 3.57. The van der Waals surface area contributed by atoms with Crippen LogP contribution in [0.15, 0.2) is 57.7 Å². The lowest BCUT2D eigenvalue weighted by molar-refractivity contribution is 0.220. The maximum atomic E-state index is 12.7. The summed E-state index contributed by atoms with van der Waals surface area (Å²) >= 11 is 0. The maximum Gasteiger partial charge on any atom is 0.255 e. The van der Waals surface area contributed by atoms with E-state index in [0.29, 0.717) is 42.5 Å². The highest BCUT2D eigenvalue weighted by Crippen LogP contribution is 2.22. The van der Waals surface area contributed by atoms with Gasteiger partial charge < -0.3 is 15.1 Å². The van der Waals surface area contributed by atoms with Gasteiger partial charge in [0.25, 0.3) is 5.56 Å². The van der Waals surface area contributed by atoms with Crippen LogP contribution in [0.2, 0.25) is 0 Å². The monoisotopic (exact) mass is 373 g/mol. The molecule has 4 aromatic rings. The van der Waals surface area contributed by atoms with E-state index in [1.165, 1.54) is 0 Å². The molecule has 0 amide bonds. The van der Waals surface area contributed by atoms with E-state index in [1.807, 2.05) is 36.4 Å². The quantitative estimate of drug-likeness (QED) is 0.536. The molecule has 0 saturated heterocycles. The Hall–Kier alpha value is -3.45. The summed E-state index contributed by atoms with van der Waals surface area (Å²) in [4.78, 5) is 27.0. The number of benzene rings is 2. The van der Waals surface area contributed by atoms with Crippen LogP contribution in [0.4, 0.5) is 5.69 Å². The highest BCUT2D eigenvalue weighted by Gasteiger charge is 2.23. The van der Waals surface area contributed by atoms with Crippen molar-refractivity contribution in [2.45, 2.75) is 19.5 Å². The second-order valence-electron chi connectivity index (χ2n) is 7.00. The number of aromatic nitrogens is 3. The van der Waals surface area contributed by atoms with E-state index in [2.05, 4.69) is 19.9 Å². The van der Waals surface area contributed by atoms with Crippen LogP contribution in [-0.4, -0.2) is 26.4 Å². The third-order valence-corrected chi connectivity index (χ3v) is 5.03. The van der Waals surface area contributed by atoms with Gasteiger partial charge in [-0.3, -0.25) is 9.69 Å². The molecule has 28 heavy (non-hydrogen) atoms. The van der Waals surface area contributed by atoms with Crippen LogP contribution in [0.1, 0.15) is 17.1 Å². The lowest BCUT2D eigenvalue weighted by Crippen LogP contribution is -2.35. The normalized spacial score (nSPS) is 14.3. The zero-order valence-corrected chi connectivity index (χ0v) is 15.2. The summed E-state index contributed by atoms with van der Waals surface area (Å²) in [5.74, 6) is 1.24. The predicted octanol–water partition coefficient (Wildman–Crippen LogP) is 2.72. The van der Waals surface area contributed by atoms with Crippen molar-refractivity contribution in [1.82, 2.24) is 19.9 Å².